The maximum atomic E-state index is 5.73. The Balaban J connectivity index is 1.96. The van der Waals surface area contributed by atoms with Crippen LogP contribution in [0.1, 0.15) is 4.88 Å². The maximum Gasteiger partial charge on any atom is 0.183 e. The van der Waals surface area contributed by atoms with E-state index in [9.17, 15) is 0 Å². The van der Waals surface area contributed by atoms with Gasteiger partial charge in [-0.15, -0.1) is 24.0 Å². The lowest BCUT2D eigenvalue weighted by Crippen LogP contribution is -1.96. The minimum absolute atomic E-state index is 0.581. The van der Waals surface area contributed by atoms with Crippen LogP contribution in [0.5, 0.6) is 0 Å². The van der Waals surface area contributed by atoms with Crippen molar-refractivity contribution >= 4 is 41.3 Å². The normalized spacial score (nSPS) is 10.3. The standard InChI is InChI=1S/C10H9ClN2S2/c11-10-13-6-9(15-10)5-12-7-1-3-8(14)4-2-7/h1-4,6,12,14H,5H2. The highest BCUT2D eigenvalue weighted by Crippen LogP contribution is 2.19. The lowest BCUT2D eigenvalue weighted by atomic mass is 10.3. The van der Waals surface area contributed by atoms with E-state index in [1.165, 1.54) is 11.3 Å². The summed E-state index contributed by atoms with van der Waals surface area (Å²) in [6.45, 7) is 0.746. The predicted molar refractivity (Wildman–Crippen MR) is 68.1 cm³/mol. The van der Waals surface area contributed by atoms with Gasteiger partial charge in [-0.25, -0.2) is 4.98 Å². The molecule has 1 heterocycles. The van der Waals surface area contributed by atoms with Gasteiger partial charge >= 0.3 is 0 Å². The van der Waals surface area contributed by atoms with Gasteiger partial charge in [0.1, 0.15) is 0 Å². The zero-order chi connectivity index (χ0) is 10.7. The van der Waals surface area contributed by atoms with Crippen LogP contribution in [0, 0.1) is 0 Å². The molecule has 0 atom stereocenters. The van der Waals surface area contributed by atoms with E-state index in [2.05, 4.69) is 22.9 Å². The van der Waals surface area contributed by atoms with Crippen LogP contribution in [0.4, 0.5) is 5.69 Å². The number of aromatic nitrogens is 1. The molecule has 2 nitrogen and oxygen atoms in total. The van der Waals surface area contributed by atoms with Crippen LogP contribution in [0.3, 0.4) is 0 Å². The van der Waals surface area contributed by atoms with Crippen molar-refractivity contribution in [3.63, 3.8) is 0 Å². The SMILES string of the molecule is Sc1ccc(NCc2cnc(Cl)s2)cc1. The van der Waals surface area contributed by atoms with Crippen molar-refractivity contribution in [2.24, 2.45) is 0 Å². The van der Waals surface area contributed by atoms with E-state index in [0.717, 1.165) is 22.0 Å². The first-order valence-corrected chi connectivity index (χ1v) is 6.01. The molecule has 0 fully saturated rings. The van der Waals surface area contributed by atoms with Crippen molar-refractivity contribution < 1.29 is 0 Å². The minimum atomic E-state index is 0.581. The van der Waals surface area contributed by atoms with Gasteiger partial charge in [-0.05, 0) is 24.3 Å². The number of thiol groups is 1. The summed E-state index contributed by atoms with van der Waals surface area (Å²) >= 11 is 11.4. The van der Waals surface area contributed by atoms with Crippen molar-refractivity contribution in [2.45, 2.75) is 11.4 Å². The fourth-order valence-corrected chi connectivity index (χ4v) is 2.20. The van der Waals surface area contributed by atoms with E-state index in [-0.39, 0.29) is 0 Å². The molecule has 0 aliphatic carbocycles. The lowest BCUT2D eigenvalue weighted by molar-refractivity contribution is 1.17. The molecule has 1 N–H and O–H groups in total. The molecule has 0 saturated carbocycles. The summed E-state index contributed by atoms with van der Waals surface area (Å²) in [6, 6.07) is 7.88. The molecule has 0 bridgehead atoms. The van der Waals surface area contributed by atoms with Crippen LogP contribution >= 0.6 is 35.6 Å². The van der Waals surface area contributed by atoms with Gasteiger partial charge in [-0.2, -0.15) is 0 Å². The van der Waals surface area contributed by atoms with E-state index in [1.54, 1.807) is 6.20 Å². The Morgan fingerprint density at radius 1 is 1.33 bits per heavy atom. The van der Waals surface area contributed by atoms with Gasteiger partial charge in [0.2, 0.25) is 0 Å². The summed E-state index contributed by atoms with van der Waals surface area (Å²) in [5.74, 6) is 0. The number of anilines is 1. The van der Waals surface area contributed by atoms with E-state index < -0.39 is 0 Å². The summed E-state index contributed by atoms with van der Waals surface area (Å²) in [7, 11) is 0. The number of nitrogens with one attached hydrogen (secondary N) is 1. The smallest absolute Gasteiger partial charge is 0.183 e. The van der Waals surface area contributed by atoms with Crippen molar-refractivity contribution in [2.75, 3.05) is 5.32 Å². The number of benzene rings is 1. The molecule has 0 radical (unpaired) electrons. The lowest BCUT2D eigenvalue weighted by Gasteiger charge is -2.03. The largest absolute Gasteiger partial charge is 0.380 e. The molecule has 0 unspecified atom stereocenters. The minimum Gasteiger partial charge on any atom is -0.380 e. The summed E-state index contributed by atoms with van der Waals surface area (Å²) in [4.78, 5) is 6.05. The van der Waals surface area contributed by atoms with E-state index in [0.29, 0.717) is 4.47 Å². The topological polar surface area (TPSA) is 24.9 Å². The molecule has 0 amide bonds. The average molecular weight is 257 g/mol. The molecule has 0 aliphatic rings. The van der Waals surface area contributed by atoms with Gasteiger partial charge in [0.05, 0.1) is 6.54 Å². The van der Waals surface area contributed by atoms with Crippen LogP contribution in [0.2, 0.25) is 4.47 Å². The average Bonchev–Trinajstić information content (AvgIpc) is 2.64. The second-order valence-electron chi connectivity index (χ2n) is 2.98. The first-order valence-electron chi connectivity index (χ1n) is 4.37. The fourth-order valence-electron chi connectivity index (χ4n) is 1.13. The summed E-state index contributed by atoms with van der Waals surface area (Å²) in [5, 5.41) is 3.28. The summed E-state index contributed by atoms with van der Waals surface area (Å²) in [5.41, 5.74) is 1.07. The molecule has 0 aliphatic heterocycles. The van der Waals surface area contributed by atoms with Gasteiger partial charge in [-0.3, -0.25) is 0 Å². The van der Waals surface area contributed by atoms with Crippen molar-refractivity contribution in [3.05, 3.63) is 39.8 Å². The van der Waals surface area contributed by atoms with Gasteiger partial charge in [-0.1, -0.05) is 11.6 Å². The Morgan fingerprint density at radius 2 is 2.07 bits per heavy atom. The Labute approximate surface area is 103 Å². The Morgan fingerprint density at radius 3 is 2.67 bits per heavy atom. The highest BCUT2D eigenvalue weighted by molar-refractivity contribution is 7.80. The number of nitrogens with zero attached hydrogens (tertiary/aromatic N) is 1. The van der Waals surface area contributed by atoms with Crippen LogP contribution in [0.15, 0.2) is 35.4 Å². The van der Waals surface area contributed by atoms with Crippen LogP contribution in [0.25, 0.3) is 0 Å². The summed E-state index contributed by atoms with van der Waals surface area (Å²) in [6.07, 6.45) is 1.78. The van der Waals surface area contributed by atoms with Gasteiger partial charge in [0.15, 0.2) is 4.47 Å². The molecule has 5 heteroatoms. The molecule has 0 spiro atoms. The zero-order valence-corrected chi connectivity index (χ0v) is 10.2. The monoisotopic (exact) mass is 256 g/mol. The quantitative estimate of drug-likeness (QED) is 0.819. The predicted octanol–water partition coefficient (Wildman–Crippen LogP) is 3.70. The molecule has 15 heavy (non-hydrogen) atoms. The first-order chi connectivity index (χ1) is 7.24. The highest BCUT2D eigenvalue weighted by atomic mass is 35.5. The van der Waals surface area contributed by atoms with Gasteiger partial charge < -0.3 is 5.32 Å². The van der Waals surface area contributed by atoms with E-state index in [1.807, 2.05) is 24.3 Å². The van der Waals surface area contributed by atoms with Crippen LogP contribution < -0.4 is 5.32 Å². The molecule has 2 aromatic rings. The Hall–Kier alpha value is -0.710. The number of rotatable bonds is 3. The molecule has 0 saturated heterocycles. The number of halogens is 1. The van der Waals surface area contributed by atoms with E-state index >= 15 is 0 Å². The van der Waals surface area contributed by atoms with E-state index in [4.69, 9.17) is 11.6 Å². The number of thiazole rings is 1. The highest BCUT2D eigenvalue weighted by Gasteiger charge is 1.98. The third kappa shape index (κ3) is 3.12. The fraction of sp³-hybridized carbons (Fsp3) is 0.100. The van der Waals surface area contributed by atoms with Gasteiger partial charge in [0, 0.05) is 21.7 Å². The zero-order valence-electron chi connectivity index (χ0n) is 7.77. The summed E-state index contributed by atoms with van der Waals surface area (Å²) < 4.78 is 0.581. The Kier molecular flexibility index (Phi) is 3.51. The molecular weight excluding hydrogens is 248 g/mol. The third-order valence-electron chi connectivity index (χ3n) is 1.86. The van der Waals surface area contributed by atoms with Crippen molar-refractivity contribution in [1.82, 2.24) is 4.98 Å². The Bertz CT molecular complexity index is 439. The molecule has 1 aromatic heterocycles. The van der Waals surface area contributed by atoms with Crippen LogP contribution in [-0.4, -0.2) is 4.98 Å². The van der Waals surface area contributed by atoms with Crippen molar-refractivity contribution in [3.8, 4) is 0 Å². The second kappa shape index (κ2) is 4.88. The molecule has 1 aromatic carbocycles. The maximum absolute atomic E-state index is 5.73. The second-order valence-corrected chi connectivity index (χ2v) is 5.19. The molecule has 78 valence electrons. The van der Waals surface area contributed by atoms with Crippen LogP contribution in [-0.2, 0) is 6.54 Å². The van der Waals surface area contributed by atoms with Gasteiger partial charge in [0.25, 0.3) is 0 Å². The number of hydrogen-bond acceptors (Lipinski definition) is 4. The number of hydrogen-bond donors (Lipinski definition) is 2. The van der Waals surface area contributed by atoms with Crippen molar-refractivity contribution in [1.29, 1.82) is 0 Å². The molecular formula is C10H9ClN2S2. The third-order valence-corrected chi connectivity index (χ3v) is 3.27. The first kappa shape index (κ1) is 10.8. The molecule has 2 rings (SSSR count).